The van der Waals surface area contributed by atoms with E-state index in [9.17, 15) is 8.42 Å². The lowest BCUT2D eigenvalue weighted by Crippen LogP contribution is -2.42. The van der Waals surface area contributed by atoms with E-state index >= 15 is 0 Å². The molecule has 0 aromatic rings. The summed E-state index contributed by atoms with van der Waals surface area (Å²) in [4.78, 5) is 0.0229. The van der Waals surface area contributed by atoms with Crippen LogP contribution in [0.3, 0.4) is 0 Å². The molecule has 3 N–H and O–H groups in total. The fourth-order valence-corrected chi connectivity index (χ4v) is 3.45. The minimum atomic E-state index is -3.39. The summed E-state index contributed by atoms with van der Waals surface area (Å²) in [6.07, 6.45) is 4.59. The molecule has 0 spiro atoms. The second-order valence-corrected chi connectivity index (χ2v) is 7.62. The maximum absolute atomic E-state index is 11.8. The molecule has 4 nitrogen and oxygen atoms in total. The van der Waals surface area contributed by atoms with Crippen molar-refractivity contribution >= 4 is 27.2 Å². The van der Waals surface area contributed by atoms with Crippen LogP contribution in [0.25, 0.3) is 0 Å². The Morgan fingerprint density at radius 1 is 1.41 bits per heavy atom. The molecule has 1 fully saturated rings. The van der Waals surface area contributed by atoms with Gasteiger partial charge in [-0.3, -0.25) is 0 Å². The SMILES string of the molecule is CC1CCC(CNS(=O)(=O)C(C)C(N)=S)CC1. The highest BCUT2D eigenvalue weighted by atomic mass is 32.2. The van der Waals surface area contributed by atoms with Crippen molar-refractivity contribution < 1.29 is 8.42 Å². The van der Waals surface area contributed by atoms with Crippen molar-refractivity contribution in [1.82, 2.24) is 4.72 Å². The van der Waals surface area contributed by atoms with Gasteiger partial charge >= 0.3 is 0 Å². The van der Waals surface area contributed by atoms with E-state index in [1.807, 2.05) is 0 Å². The van der Waals surface area contributed by atoms with Gasteiger partial charge in [0.15, 0.2) is 0 Å². The maximum Gasteiger partial charge on any atom is 0.220 e. The lowest BCUT2D eigenvalue weighted by Gasteiger charge is -2.26. The number of sulfonamides is 1. The zero-order valence-corrected chi connectivity index (χ0v) is 12.1. The Labute approximate surface area is 109 Å². The molecule has 1 rings (SSSR count). The standard InChI is InChI=1S/C11H22N2O2S2/c1-8-3-5-10(6-4-8)7-13-17(14,15)9(2)11(12)16/h8-10,13H,3-7H2,1-2H3,(H2,12,16). The van der Waals surface area contributed by atoms with Gasteiger partial charge in [-0.2, -0.15) is 0 Å². The van der Waals surface area contributed by atoms with Crippen LogP contribution in [0.15, 0.2) is 0 Å². The fourth-order valence-electron chi connectivity index (χ4n) is 2.05. The molecule has 0 heterocycles. The van der Waals surface area contributed by atoms with Gasteiger partial charge in [0.05, 0.1) is 4.99 Å². The lowest BCUT2D eigenvalue weighted by molar-refractivity contribution is 0.290. The predicted molar refractivity (Wildman–Crippen MR) is 74.3 cm³/mol. The van der Waals surface area contributed by atoms with Crippen LogP contribution in [0.2, 0.25) is 0 Å². The summed E-state index contributed by atoms with van der Waals surface area (Å²) in [6.45, 7) is 4.28. The molecule has 17 heavy (non-hydrogen) atoms. The molecule has 0 aromatic carbocycles. The molecule has 1 atom stereocenters. The van der Waals surface area contributed by atoms with E-state index < -0.39 is 15.3 Å². The Bertz CT molecular complexity index is 360. The van der Waals surface area contributed by atoms with E-state index in [1.54, 1.807) is 0 Å². The molecule has 0 amide bonds. The number of nitrogens with two attached hydrogens (primary N) is 1. The van der Waals surface area contributed by atoms with Gasteiger partial charge in [0.1, 0.15) is 5.25 Å². The van der Waals surface area contributed by atoms with E-state index in [1.165, 1.54) is 19.8 Å². The van der Waals surface area contributed by atoms with Crippen LogP contribution in [-0.4, -0.2) is 25.2 Å². The van der Waals surface area contributed by atoms with E-state index in [0.29, 0.717) is 12.5 Å². The molecular weight excluding hydrogens is 256 g/mol. The van der Waals surface area contributed by atoms with Crippen molar-refractivity contribution in [2.24, 2.45) is 17.6 Å². The molecule has 0 bridgehead atoms. The first-order valence-electron chi connectivity index (χ1n) is 6.10. The Hall–Kier alpha value is -0.200. The molecular formula is C11H22N2O2S2. The van der Waals surface area contributed by atoms with Crippen molar-refractivity contribution in [2.75, 3.05) is 6.54 Å². The molecule has 1 aliphatic carbocycles. The highest BCUT2D eigenvalue weighted by Crippen LogP contribution is 2.27. The van der Waals surface area contributed by atoms with Crippen LogP contribution in [-0.2, 0) is 10.0 Å². The van der Waals surface area contributed by atoms with Gasteiger partial charge in [0, 0.05) is 6.54 Å². The summed E-state index contributed by atoms with van der Waals surface area (Å²) in [5.41, 5.74) is 5.36. The normalized spacial score (nSPS) is 27.6. The highest BCUT2D eigenvalue weighted by molar-refractivity contribution is 7.93. The fraction of sp³-hybridized carbons (Fsp3) is 0.909. The maximum atomic E-state index is 11.8. The first kappa shape index (κ1) is 14.9. The zero-order chi connectivity index (χ0) is 13.1. The average Bonchev–Trinajstić information content (AvgIpc) is 2.27. The number of hydrogen-bond donors (Lipinski definition) is 2. The minimum absolute atomic E-state index is 0.0229. The summed E-state index contributed by atoms with van der Waals surface area (Å²) in [7, 11) is -3.39. The predicted octanol–water partition coefficient (Wildman–Crippen LogP) is 1.41. The molecule has 1 saturated carbocycles. The van der Waals surface area contributed by atoms with Gasteiger partial charge in [0.25, 0.3) is 0 Å². The van der Waals surface area contributed by atoms with Crippen LogP contribution in [0.4, 0.5) is 0 Å². The van der Waals surface area contributed by atoms with Crippen molar-refractivity contribution in [3.05, 3.63) is 0 Å². The molecule has 0 radical (unpaired) electrons. The number of thiocarbonyl (C=S) groups is 1. The molecule has 1 aliphatic rings. The van der Waals surface area contributed by atoms with E-state index in [2.05, 4.69) is 11.6 Å². The molecule has 0 aliphatic heterocycles. The van der Waals surface area contributed by atoms with Gasteiger partial charge in [-0.25, -0.2) is 13.1 Å². The Balaban J connectivity index is 2.42. The van der Waals surface area contributed by atoms with Crippen LogP contribution in [0.5, 0.6) is 0 Å². The van der Waals surface area contributed by atoms with Crippen LogP contribution in [0, 0.1) is 11.8 Å². The summed E-state index contributed by atoms with van der Waals surface area (Å²) >= 11 is 4.71. The number of rotatable bonds is 5. The van der Waals surface area contributed by atoms with Crippen molar-refractivity contribution in [2.45, 2.75) is 44.8 Å². The van der Waals surface area contributed by atoms with Gasteiger partial charge < -0.3 is 5.73 Å². The second kappa shape index (κ2) is 6.11. The first-order chi connectivity index (χ1) is 7.83. The Kier molecular flexibility index (Phi) is 5.34. The molecule has 100 valence electrons. The van der Waals surface area contributed by atoms with Gasteiger partial charge in [-0.05, 0) is 31.6 Å². The number of hydrogen-bond acceptors (Lipinski definition) is 3. The average molecular weight is 278 g/mol. The minimum Gasteiger partial charge on any atom is -0.392 e. The third-order valence-electron chi connectivity index (χ3n) is 3.57. The van der Waals surface area contributed by atoms with E-state index in [4.69, 9.17) is 18.0 Å². The van der Waals surface area contributed by atoms with Gasteiger partial charge in [-0.15, -0.1) is 0 Å². The van der Waals surface area contributed by atoms with Crippen LogP contribution in [0.1, 0.15) is 39.5 Å². The van der Waals surface area contributed by atoms with Crippen LogP contribution >= 0.6 is 12.2 Å². The summed E-state index contributed by atoms with van der Waals surface area (Å²) in [5.74, 6) is 1.23. The largest absolute Gasteiger partial charge is 0.392 e. The lowest BCUT2D eigenvalue weighted by atomic mass is 9.83. The van der Waals surface area contributed by atoms with E-state index in [-0.39, 0.29) is 4.99 Å². The molecule has 6 heteroatoms. The van der Waals surface area contributed by atoms with E-state index in [0.717, 1.165) is 18.8 Å². The molecule has 1 unspecified atom stereocenters. The van der Waals surface area contributed by atoms with Crippen LogP contribution < -0.4 is 10.5 Å². The quantitative estimate of drug-likeness (QED) is 0.746. The van der Waals surface area contributed by atoms with Gasteiger partial charge in [-0.1, -0.05) is 32.0 Å². The molecule has 0 saturated heterocycles. The highest BCUT2D eigenvalue weighted by Gasteiger charge is 2.25. The summed E-state index contributed by atoms with van der Waals surface area (Å²) in [5, 5.41) is -0.792. The summed E-state index contributed by atoms with van der Waals surface area (Å²) < 4.78 is 26.2. The number of nitrogens with one attached hydrogen (secondary N) is 1. The third kappa shape index (κ3) is 4.52. The monoisotopic (exact) mass is 278 g/mol. The van der Waals surface area contributed by atoms with Gasteiger partial charge in [0.2, 0.25) is 10.0 Å². The Morgan fingerprint density at radius 2 is 1.94 bits per heavy atom. The Morgan fingerprint density at radius 3 is 2.41 bits per heavy atom. The first-order valence-corrected chi connectivity index (χ1v) is 8.06. The van der Waals surface area contributed by atoms with Crippen molar-refractivity contribution in [1.29, 1.82) is 0 Å². The summed E-state index contributed by atoms with van der Waals surface area (Å²) in [6, 6.07) is 0. The zero-order valence-electron chi connectivity index (χ0n) is 10.5. The third-order valence-corrected chi connectivity index (χ3v) is 5.83. The smallest absolute Gasteiger partial charge is 0.220 e. The topological polar surface area (TPSA) is 72.2 Å². The van der Waals surface area contributed by atoms with Crippen molar-refractivity contribution in [3.8, 4) is 0 Å². The second-order valence-electron chi connectivity index (χ2n) is 5.06. The molecule has 0 aromatic heterocycles. The van der Waals surface area contributed by atoms with Crippen molar-refractivity contribution in [3.63, 3.8) is 0 Å².